The Bertz CT molecular complexity index is 1140. The molecule has 0 N–H and O–H groups in total. The highest BCUT2D eigenvalue weighted by Crippen LogP contribution is 2.34. The summed E-state index contributed by atoms with van der Waals surface area (Å²) in [6.07, 6.45) is 0.867. The molecule has 1 amide bonds. The highest BCUT2D eigenvalue weighted by atomic mass is 32.2. The van der Waals surface area contributed by atoms with Crippen molar-refractivity contribution in [1.29, 1.82) is 5.26 Å². The van der Waals surface area contributed by atoms with Crippen molar-refractivity contribution in [3.05, 3.63) is 53.6 Å². The van der Waals surface area contributed by atoms with Crippen LogP contribution >= 0.6 is 11.8 Å². The van der Waals surface area contributed by atoms with E-state index < -0.39 is 0 Å². The molecule has 0 atom stereocenters. The van der Waals surface area contributed by atoms with Gasteiger partial charge in [0.1, 0.15) is 11.1 Å². The fourth-order valence-electron chi connectivity index (χ4n) is 3.48. The van der Waals surface area contributed by atoms with E-state index in [0.29, 0.717) is 34.1 Å². The third-order valence-corrected chi connectivity index (χ3v) is 5.90. The Hall–Kier alpha value is -3.24. The number of nitriles is 1. The average molecular weight is 405 g/mol. The molecule has 0 saturated carbocycles. The summed E-state index contributed by atoms with van der Waals surface area (Å²) in [6.45, 7) is 0.686. The molecule has 4 rings (SSSR count). The van der Waals surface area contributed by atoms with Crippen LogP contribution in [0.1, 0.15) is 11.1 Å². The van der Waals surface area contributed by atoms with Gasteiger partial charge in [-0.3, -0.25) is 4.79 Å². The molecule has 7 heteroatoms. The van der Waals surface area contributed by atoms with Crippen LogP contribution in [0.3, 0.4) is 0 Å². The van der Waals surface area contributed by atoms with Crippen LogP contribution in [-0.4, -0.2) is 37.4 Å². The first kappa shape index (κ1) is 19.1. The molecule has 3 aromatic rings. The van der Waals surface area contributed by atoms with Gasteiger partial charge in [0.25, 0.3) is 0 Å². The highest BCUT2D eigenvalue weighted by Gasteiger charge is 2.24. The first-order valence-corrected chi connectivity index (χ1v) is 10.1. The largest absolute Gasteiger partial charge is 0.493 e. The normalized spacial score (nSPS) is 12.5. The molecule has 0 bridgehead atoms. The molecular weight excluding hydrogens is 386 g/mol. The number of hydrogen-bond acceptors (Lipinski definition) is 6. The second-order valence-corrected chi connectivity index (χ2v) is 7.53. The first-order chi connectivity index (χ1) is 14.1. The van der Waals surface area contributed by atoms with Crippen LogP contribution in [0.4, 0.5) is 5.69 Å². The molecule has 146 valence electrons. The number of methoxy groups -OCH3 is 2. The predicted molar refractivity (Wildman–Crippen MR) is 113 cm³/mol. The van der Waals surface area contributed by atoms with Crippen LogP contribution in [0.25, 0.3) is 10.9 Å². The zero-order valence-electron chi connectivity index (χ0n) is 16.1. The lowest BCUT2D eigenvalue weighted by molar-refractivity contribution is -0.116. The van der Waals surface area contributed by atoms with Crippen molar-refractivity contribution in [3.8, 4) is 17.6 Å². The number of aromatic nitrogens is 1. The van der Waals surface area contributed by atoms with Gasteiger partial charge in [0, 0.05) is 23.7 Å². The van der Waals surface area contributed by atoms with Gasteiger partial charge in [-0.2, -0.15) is 5.26 Å². The maximum atomic E-state index is 12.8. The topological polar surface area (TPSA) is 75.5 Å². The Morgan fingerprint density at radius 1 is 1.21 bits per heavy atom. The summed E-state index contributed by atoms with van der Waals surface area (Å²) in [6, 6.07) is 15.5. The van der Waals surface area contributed by atoms with E-state index in [2.05, 4.69) is 17.1 Å². The van der Waals surface area contributed by atoms with E-state index in [-0.39, 0.29) is 11.7 Å². The van der Waals surface area contributed by atoms with Crippen LogP contribution in [-0.2, 0) is 11.2 Å². The van der Waals surface area contributed by atoms with Gasteiger partial charge >= 0.3 is 0 Å². The number of benzene rings is 2. The van der Waals surface area contributed by atoms with Gasteiger partial charge in [-0.1, -0.05) is 30.0 Å². The second-order valence-electron chi connectivity index (χ2n) is 6.57. The number of fused-ring (bicyclic) bond motifs is 2. The first-order valence-electron chi connectivity index (χ1n) is 9.12. The Kier molecular flexibility index (Phi) is 5.28. The van der Waals surface area contributed by atoms with Crippen molar-refractivity contribution < 1.29 is 14.3 Å². The number of thioether (sulfide) groups is 1. The lowest BCUT2D eigenvalue weighted by Gasteiger charge is -2.17. The van der Waals surface area contributed by atoms with Crippen molar-refractivity contribution in [2.75, 3.05) is 31.4 Å². The number of carbonyl (C=O) groups is 1. The number of ether oxygens (including phenoxy) is 2. The van der Waals surface area contributed by atoms with E-state index in [1.165, 1.54) is 17.3 Å². The molecule has 1 aliphatic heterocycles. The summed E-state index contributed by atoms with van der Waals surface area (Å²) < 4.78 is 10.7. The number of rotatable bonds is 5. The van der Waals surface area contributed by atoms with Gasteiger partial charge in [-0.25, -0.2) is 4.98 Å². The van der Waals surface area contributed by atoms with E-state index >= 15 is 0 Å². The molecule has 0 fully saturated rings. The van der Waals surface area contributed by atoms with E-state index in [0.717, 1.165) is 17.5 Å². The molecule has 0 saturated heterocycles. The molecule has 0 unspecified atom stereocenters. The standard InChI is InChI=1S/C22H19N3O3S/c1-27-19-10-15-9-16(12-23)22(24-17(15)11-20(19)28-2)29-13-21(26)25-8-7-14-5-3-4-6-18(14)25/h3-6,9-11H,7-8,13H2,1-2H3. The monoisotopic (exact) mass is 405 g/mol. The van der Waals surface area contributed by atoms with Crippen molar-refractivity contribution in [2.24, 2.45) is 0 Å². The summed E-state index contributed by atoms with van der Waals surface area (Å²) in [5.41, 5.74) is 3.28. The fraction of sp³-hybridized carbons (Fsp3) is 0.227. The predicted octanol–water partition coefficient (Wildman–Crippen LogP) is 3.81. The number of hydrogen-bond donors (Lipinski definition) is 0. The van der Waals surface area contributed by atoms with Gasteiger partial charge in [0.15, 0.2) is 11.5 Å². The molecule has 6 nitrogen and oxygen atoms in total. The lowest BCUT2D eigenvalue weighted by Crippen LogP contribution is -2.30. The van der Waals surface area contributed by atoms with Gasteiger partial charge in [0.05, 0.1) is 31.1 Å². The van der Waals surface area contributed by atoms with Crippen LogP contribution < -0.4 is 14.4 Å². The Balaban J connectivity index is 1.59. The molecule has 1 aromatic heterocycles. The maximum absolute atomic E-state index is 12.8. The van der Waals surface area contributed by atoms with Crippen molar-refractivity contribution >= 4 is 34.3 Å². The number of carbonyl (C=O) groups excluding carboxylic acids is 1. The molecule has 0 radical (unpaired) electrons. The minimum atomic E-state index is 0.0121. The van der Waals surface area contributed by atoms with Crippen LogP contribution in [0.2, 0.25) is 0 Å². The number of nitrogens with zero attached hydrogens (tertiary/aromatic N) is 3. The quantitative estimate of drug-likeness (QED) is 0.601. The molecule has 2 aromatic carbocycles. The van der Waals surface area contributed by atoms with Crippen LogP contribution in [0, 0.1) is 11.3 Å². The highest BCUT2D eigenvalue weighted by molar-refractivity contribution is 8.00. The summed E-state index contributed by atoms with van der Waals surface area (Å²) in [5, 5.41) is 10.9. The third kappa shape index (κ3) is 3.59. The molecule has 2 heterocycles. The minimum Gasteiger partial charge on any atom is -0.493 e. The van der Waals surface area contributed by atoms with Crippen LogP contribution in [0.5, 0.6) is 11.5 Å². The van der Waals surface area contributed by atoms with Gasteiger partial charge in [0.2, 0.25) is 5.91 Å². The molecule has 0 spiro atoms. The number of amides is 1. The Labute approximate surface area is 173 Å². The van der Waals surface area contributed by atoms with E-state index in [9.17, 15) is 10.1 Å². The Morgan fingerprint density at radius 2 is 1.97 bits per heavy atom. The van der Waals surface area contributed by atoms with Gasteiger partial charge in [-0.15, -0.1) is 0 Å². The number of para-hydroxylation sites is 1. The van der Waals surface area contributed by atoms with E-state index in [1.807, 2.05) is 23.1 Å². The van der Waals surface area contributed by atoms with E-state index in [4.69, 9.17) is 9.47 Å². The van der Waals surface area contributed by atoms with Crippen molar-refractivity contribution in [1.82, 2.24) is 4.98 Å². The zero-order chi connectivity index (χ0) is 20.4. The number of anilines is 1. The summed E-state index contributed by atoms with van der Waals surface area (Å²) >= 11 is 1.28. The maximum Gasteiger partial charge on any atom is 0.237 e. The van der Waals surface area contributed by atoms with E-state index in [1.54, 1.807) is 32.4 Å². The molecule has 29 heavy (non-hydrogen) atoms. The minimum absolute atomic E-state index is 0.0121. The van der Waals surface area contributed by atoms with Crippen LogP contribution in [0.15, 0.2) is 47.5 Å². The molecule has 1 aliphatic rings. The Morgan fingerprint density at radius 3 is 2.72 bits per heavy atom. The van der Waals surface area contributed by atoms with Crippen molar-refractivity contribution in [2.45, 2.75) is 11.4 Å². The summed E-state index contributed by atoms with van der Waals surface area (Å²) in [5.74, 6) is 1.37. The zero-order valence-corrected chi connectivity index (χ0v) is 17.0. The third-order valence-electron chi connectivity index (χ3n) is 4.93. The lowest BCUT2D eigenvalue weighted by atomic mass is 10.1. The molecule has 0 aliphatic carbocycles. The summed E-state index contributed by atoms with van der Waals surface area (Å²) in [4.78, 5) is 19.2. The molecular formula is C22H19N3O3S. The number of pyridine rings is 1. The average Bonchev–Trinajstić information content (AvgIpc) is 3.20. The van der Waals surface area contributed by atoms with Gasteiger partial charge in [-0.05, 0) is 30.2 Å². The summed E-state index contributed by atoms with van der Waals surface area (Å²) in [7, 11) is 3.13. The fourth-order valence-corrected chi connectivity index (χ4v) is 4.32. The second kappa shape index (κ2) is 8.02. The SMILES string of the molecule is COc1cc2cc(C#N)c(SCC(=O)N3CCc4ccccc43)nc2cc1OC. The smallest absolute Gasteiger partial charge is 0.237 e. The van der Waals surface area contributed by atoms with Crippen molar-refractivity contribution in [3.63, 3.8) is 0 Å². The van der Waals surface area contributed by atoms with Gasteiger partial charge < -0.3 is 14.4 Å².